The van der Waals surface area contributed by atoms with E-state index < -0.39 is 9.84 Å². The quantitative estimate of drug-likeness (QED) is 0.854. The van der Waals surface area contributed by atoms with E-state index in [4.69, 9.17) is 0 Å². The first-order chi connectivity index (χ1) is 7.49. The molecule has 1 aromatic rings. The van der Waals surface area contributed by atoms with E-state index in [1.807, 2.05) is 19.9 Å². The Bertz CT molecular complexity index is 436. The van der Waals surface area contributed by atoms with Gasteiger partial charge < -0.3 is 5.32 Å². The molecular formula is C12H19NO2S. The van der Waals surface area contributed by atoms with Crippen LogP contribution < -0.4 is 5.32 Å². The molecule has 1 unspecified atom stereocenters. The zero-order valence-corrected chi connectivity index (χ0v) is 10.8. The van der Waals surface area contributed by atoms with Crippen molar-refractivity contribution in [3.63, 3.8) is 0 Å². The summed E-state index contributed by atoms with van der Waals surface area (Å²) in [5.41, 5.74) is 0.971. The van der Waals surface area contributed by atoms with E-state index >= 15 is 0 Å². The number of aryl methyl sites for hydroxylation is 1. The lowest BCUT2D eigenvalue weighted by molar-refractivity contribution is 0.556. The summed E-state index contributed by atoms with van der Waals surface area (Å²) < 4.78 is 24.1. The molecule has 0 aliphatic heterocycles. The summed E-state index contributed by atoms with van der Waals surface area (Å²) in [6.45, 7) is 3.88. The van der Waals surface area contributed by atoms with Gasteiger partial charge in [0.1, 0.15) is 0 Å². The Hall–Kier alpha value is -0.870. The van der Waals surface area contributed by atoms with Crippen molar-refractivity contribution in [2.24, 2.45) is 0 Å². The molecule has 0 aliphatic rings. The summed E-state index contributed by atoms with van der Waals surface area (Å²) in [4.78, 5) is 0.418. The molecule has 4 heteroatoms. The van der Waals surface area contributed by atoms with Crippen molar-refractivity contribution < 1.29 is 8.42 Å². The average molecular weight is 241 g/mol. The molecule has 0 saturated carbocycles. The summed E-state index contributed by atoms with van der Waals surface area (Å²) in [6.07, 6.45) is 0.807. The molecule has 0 saturated heterocycles. The second-order valence-corrected chi connectivity index (χ2v) is 6.03. The maximum Gasteiger partial charge on any atom is 0.179 e. The molecule has 1 N–H and O–H groups in total. The van der Waals surface area contributed by atoms with E-state index in [0.29, 0.717) is 4.90 Å². The molecule has 0 spiro atoms. The highest BCUT2D eigenvalue weighted by Crippen LogP contribution is 2.14. The Morgan fingerprint density at radius 3 is 2.56 bits per heavy atom. The third-order valence-electron chi connectivity index (χ3n) is 2.67. The fraction of sp³-hybridized carbons (Fsp3) is 0.500. The number of benzene rings is 1. The lowest BCUT2D eigenvalue weighted by Crippen LogP contribution is -2.32. The standard InChI is InChI=1S/C12H19NO2S/c1-4-11(13-3)9-16(14,15)12-7-5-6-10(2)8-12/h5-8,11,13H,4,9H2,1-3H3. The zero-order chi connectivity index (χ0) is 12.2. The van der Waals surface area contributed by atoms with Crippen molar-refractivity contribution in [3.8, 4) is 0 Å². The van der Waals surface area contributed by atoms with E-state index in [2.05, 4.69) is 5.32 Å². The Kier molecular flexibility index (Phi) is 4.50. The lowest BCUT2D eigenvalue weighted by Gasteiger charge is -2.14. The summed E-state index contributed by atoms with van der Waals surface area (Å²) in [5.74, 6) is 0.156. The highest BCUT2D eigenvalue weighted by atomic mass is 32.2. The van der Waals surface area contributed by atoms with Crippen LogP contribution in [0.1, 0.15) is 18.9 Å². The number of nitrogens with one attached hydrogen (secondary N) is 1. The fourth-order valence-electron chi connectivity index (χ4n) is 1.58. The van der Waals surface area contributed by atoms with Crippen molar-refractivity contribution in [3.05, 3.63) is 29.8 Å². The summed E-state index contributed by atoms with van der Waals surface area (Å²) in [5, 5.41) is 3.01. The molecule has 0 heterocycles. The molecule has 0 aromatic heterocycles. The predicted octanol–water partition coefficient (Wildman–Crippen LogP) is 1.77. The van der Waals surface area contributed by atoms with Crippen molar-refractivity contribution in [2.75, 3.05) is 12.8 Å². The first kappa shape index (κ1) is 13.2. The van der Waals surface area contributed by atoms with Crippen LogP contribution in [0.15, 0.2) is 29.2 Å². The largest absolute Gasteiger partial charge is 0.316 e. The van der Waals surface area contributed by atoms with Crippen molar-refractivity contribution in [1.29, 1.82) is 0 Å². The number of hydrogen-bond donors (Lipinski definition) is 1. The van der Waals surface area contributed by atoms with Crippen LogP contribution in [0, 0.1) is 6.92 Å². The van der Waals surface area contributed by atoms with E-state index in [0.717, 1.165) is 12.0 Å². The normalized spacial score (nSPS) is 13.7. The molecule has 0 bridgehead atoms. The SMILES string of the molecule is CCC(CS(=O)(=O)c1cccc(C)c1)NC. The highest BCUT2D eigenvalue weighted by molar-refractivity contribution is 7.91. The molecule has 0 fully saturated rings. The Morgan fingerprint density at radius 2 is 2.06 bits per heavy atom. The third kappa shape index (κ3) is 3.32. The smallest absolute Gasteiger partial charge is 0.179 e. The van der Waals surface area contributed by atoms with Gasteiger partial charge in [0.05, 0.1) is 10.6 Å². The molecule has 0 aliphatic carbocycles. The van der Waals surface area contributed by atoms with Gasteiger partial charge in [-0.2, -0.15) is 0 Å². The van der Waals surface area contributed by atoms with Crippen LogP contribution in [0.3, 0.4) is 0 Å². The number of rotatable bonds is 5. The van der Waals surface area contributed by atoms with Gasteiger partial charge in [-0.05, 0) is 38.1 Å². The van der Waals surface area contributed by atoms with E-state index in [1.54, 1.807) is 25.2 Å². The third-order valence-corrected chi connectivity index (χ3v) is 4.48. The molecule has 16 heavy (non-hydrogen) atoms. The number of hydrogen-bond acceptors (Lipinski definition) is 3. The fourth-order valence-corrected chi connectivity index (χ4v) is 3.35. The first-order valence-corrected chi connectivity index (χ1v) is 7.11. The van der Waals surface area contributed by atoms with Crippen LogP contribution in [0.4, 0.5) is 0 Å². The summed E-state index contributed by atoms with van der Waals surface area (Å²) >= 11 is 0. The minimum absolute atomic E-state index is 0.0190. The maximum absolute atomic E-state index is 12.1. The van der Waals surface area contributed by atoms with Gasteiger partial charge in [0.15, 0.2) is 9.84 Å². The second kappa shape index (κ2) is 5.46. The van der Waals surface area contributed by atoms with Gasteiger partial charge in [0.25, 0.3) is 0 Å². The lowest BCUT2D eigenvalue weighted by atomic mass is 10.2. The van der Waals surface area contributed by atoms with Crippen LogP contribution in [-0.2, 0) is 9.84 Å². The zero-order valence-electron chi connectivity index (χ0n) is 10.0. The average Bonchev–Trinajstić information content (AvgIpc) is 2.26. The van der Waals surface area contributed by atoms with Crippen LogP contribution in [0.5, 0.6) is 0 Å². The van der Waals surface area contributed by atoms with Gasteiger partial charge >= 0.3 is 0 Å². The topological polar surface area (TPSA) is 46.2 Å². The van der Waals surface area contributed by atoms with Crippen molar-refractivity contribution in [2.45, 2.75) is 31.2 Å². The molecular weight excluding hydrogens is 222 g/mol. The predicted molar refractivity (Wildman–Crippen MR) is 66.4 cm³/mol. The maximum atomic E-state index is 12.1. The van der Waals surface area contributed by atoms with Gasteiger partial charge in [-0.25, -0.2) is 8.42 Å². The highest BCUT2D eigenvalue weighted by Gasteiger charge is 2.18. The Balaban J connectivity index is 2.94. The van der Waals surface area contributed by atoms with Crippen LogP contribution >= 0.6 is 0 Å². The Labute approximate surface area is 97.8 Å². The summed E-state index contributed by atoms with van der Waals surface area (Å²) in [6, 6.07) is 7.07. The van der Waals surface area contributed by atoms with Gasteiger partial charge in [-0.1, -0.05) is 19.1 Å². The van der Waals surface area contributed by atoms with Crippen LogP contribution in [0.2, 0.25) is 0 Å². The summed E-state index contributed by atoms with van der Waals surface area (Å²) in [7, 11) is -1.38. The van der Waals surface area contributed by atoms with Crippen LogP contribution in [-0.4, -0.2) is 27.3 Å². The van der Waals surface area contributed by atoms with Crippen LogP contribution in [0.25, 0.3) is 0 Å². The molecule has 3 nitrogen and oxygen atoms in total. The molecule has 1 atom stereocenters. The Morgan fingerprint density at radius 1 is 1.38 bits per heavy atom. The molecule has 0 amide bonds. The van der Waals surface area contributed by atoms with Gasteiger partial charge in [0, 0.05) is 6.04 Å². The molecule has 1 rings (SSSR count). The van der Waals surface area contributed by atoms with Gasteiger partial charge in [-0.3, -0.25) is 0 Å². The van der Waals surface area contributed by atoms with E-state index in [9.17, 15) is 8.42 Å². The molecule has 0 radical (unpaired) electrons. The first-order valence-electron chi connectivity index (χ1n) is 5.46. The van der Waals surface area contributed by atoms with Crippen molar-refractivity contribution >= 4 is 9.84 Å². The van der Waals surface area contributed by atoms with E-state index in [-0.39, 0.29) is 11.8 Å². The number of sulfone groups is 1. The minimum atomic E-state index is -3.17. The van der Waals surface area contributed by atoms with E-state index in [1.165, 1.54) is 0 Å². The van der Waals surface area contributed by atoms with Crippen molar-refractivity contribution in [1.82, 2.24) is 5.32 Å². The second-order valence-electron chi connectivity index (χ2n) is 3.99. The van der Waals surface area contributed by atoms with Gasteiger partial charge in [-0.15, -0.1) is 0 Å². The molecule has 1 aromatic carbocycles. The van der Waals surface area contributed by atoms with Gasteiger partial charge in [0.2, 0.25) is 0 Å². The monoisotopic (exact) mass is 241 g/mol. The molecule has 90 valence electrons. The minimum Gasteiger partial charge on any atom is -0.316 e.